The topological polar surface area (TPSA) is 93.2 Å². The van der Waals surface area contributed by atoms with Gasteiger partial charge in [0.25, 0.3) is 0 Å². The van der Waals surface area contributed by atoms with Crippen molar-refractivity contribution in [1.82, 2.24) is 14.8 Å². The van der Waals surface area contributed by atoms with Crippen LogP contribution in [0.3, 0.4) is 0 Å². The zero-order valence-electron chi connectivity index (χ0n) is 20.4. The minimum absolute atomic E-state index is 0.0377. The summed E-state index contributed by atoms with van der Waals surface area (Å²) >= 11 is 1.36. The Morgan fingerprint density at radius 3 is 2.79 bits per heavy atom. The summed E-state index contributed by atoms with van der Waals surface area (Å²) in [5.41, 5.74) is -1.15. The number of rotatable bonds is 10. The number of aromatic nitrogens is 3. The molecule has 0 spiro atoms. The largest absolute Gasteiger partial charge is 0.382 e. The van der Waals surface area contributed by atoms with Crippen molar-refractivity contribution in [3.8, 4) is 6.07 Å². The maximum absolute atomic E-state index is 14.7. The van der Waals surface area contributed by atoms with E-state index in [1.807, 2.05) is 6.07 Å². The summed E-state index contributed by atoms with van der Waals surface area (Å²) in [5.74, 6) is -1.63. The molecule has 1 saturated heterocycles. The van der Waals surface area contributed by atoms with Crippen LogP contribution in [0.4, 0.5) is 13.2 Å². The van der Waals surface area contributed by atoms with Crippen molar-refractivity contribution in [3.05, 3.63) is 101 Å². The first-order valence-electron chi connectivity index (χ1n) is 11.7. The van der Waals surface area contributed by atoms with Crippen molar-refractivity contribution in [2.24, 2.45) is 0 Å². The number of thioether (sulfide) groups is 1. The third kappa shape index (κ3) is 6.71. The van der Waals surface area contributed by atoms with Gasteiger partial charge < -0.3 is 14.6 Å². The molecule has 1 aliphatic heterocycles. The van der Waals surface area contributed by atoms with Gasteiger partial charge in [0.1, 0.15) is 35.7 Å². The quantitative estimate of drug-likeness (QED) is 0.375. The molecule has 3 aromatic rings. The molecule has 1 aromatic heterocycles. The van der Waals surface area contributed by atoms with Crippen LogP contribution in [-0.4, -0.2) is 49.9 Å². The van der Waals surface area contributed by atoms with Gasteiger partial charge in [0.05, 0.1) is 30.9 Å². The lowest BCUT2D eigenvalue weighted by Crippen LogP contribution is -2.42. The molecule has 1 fully saturated rings. The number of benzene rings is 2. The van der Waals surface area contributed by atoms with Crippen LogP contribution in [0.2, 0.25) is 0 Å². The lowest BCUT2D eigenvalue weighted by Gasteiger charge is -2.34. The van der Waals surface area contributed by atoms with Crippen LogP contribution in [0, 0.1) is 28.8 Å². The van der Waals surface area contributed by atoms with E-state index in [0.29, 0.717) is 17.9 Å². The molecule has 2 unspecified atom stereocenters. The number of ether oxygens (including phenoxy) is 2. The van der Waals surface area contributed by atoms with Crippen molar-refractivity contribution in [2.45, 2.75) is 36.7 Å². The molecule has 7 nitrogen and oxygen atoms in total. The highest BCUT2D eigenvalue weighted by atomic mass is 32.2. The number of aliphatic hydroxyl groups is 1. The van der Waals surface area contributed by atoms with E-state index in [4.69, 9.17) is 14.7 Å². The van der Waals surface area contributed by atoms with E-state index >= 15 is 0 Å². The number of halogens is 3. The van der Waals surface area contributed by atoms with Gasteiger partial charge in [0.2, 0.25) is 0 Å². The average molecular weight is 543 g/mol. The molecule has 198 valence electrons. The van der Waals surface area contributed by atoms with E-state index in [1.165, 1.54) is 53.4 Å². The highest BCUT2D eigenvalue weighted by molar-refractivity contribution is 8.00. The number of hydrogen-bond donors (Lipinski definition) is 1. The van der Waals surface area contributed by atoms with Crippen LogP contribution in [0.25, 0.3) is 6.08 Å². The molecule has 4 rings (SSSR count). The van der Waals surface area contributed by atoms with Crippen LogP contribution in [0.1, 0.15) is 23.6 Å². The Morgan fingerprint density at radius 1 is 1.24 bits per heavy atom. The van der Waals surface area contributed by atoms with Crippen molar-refractivity contribution in [1.29, 1.82) is 5.26 Å². The van der Waals surface area contributed by atoms with Crippen LogP contribution in [-0.2, 0) is 21.6 Å². The lowest BCUT2D eigenvalue weighted by atomic mass is 9.90. The zero-order chi connectivity index (χ0) is 27.1. The fourth-order valence-corrected chi connectivity index (χ4v) is 5.08. The van der Waals surface area contributed by atoms with Gasteiger partial charge in [-0.15, -0.1) is 0 Å². The van der Waals surface area contributed by atoms with Gasteiger partial charge in [-0.05, 0) is 24.3 Å². The molecule has 4 atom stereocenters. The Labute approximate surface area is 222 Å². The summed E-state index contributed by atoms with van der Waals surface area (Å²) < 4.78 is 55.1. The fourth-order valence-electron chi connectivity index (χ4n) is 3.93. The number of nitriles is 1. The van der Waals surface area contributed by atoms with E-state index in [1.54, 1.807) is 31.2 Å². The Kier molecular flexibility index (Phi) is 9.01. The average Bonchev–Trinajstić information content (AvgIpc) is 3.57. The molecule has 1 N–H and O–H groups in total. The lowest BCUT2D eigenvalue weighted by molar-refractivity contribution is -0.0155. The van der Waals surface area contributed by atoms with E-state index in [2.05, 4.69) is 10.1 Å². The first kappa shape index (κ1) is 27.6. The van der Waals surface area contributed by atoms with Gasteiger partial charge in [0.15, 0.2) is 6.29 Å². The predicted octanol–water partition coefficient (Wildman–Crippen LogP) is 4.59. The van der Waals surface area contributed by atoms with Crippen LogP contribution < -0.4 is 0 Å². The summed E-state index contributed by atoms with van der Waals surface area (Å²) in [4.78, 5) is 3.87. The third-order valence-electron chi connectivity index (χ3n) is 6.03. The van der Waals surface area contributed by atoms with Crippen LogP contribution >= 0.6 is 11.8 Å². The van der Waals surface area contributed by atoms with Gasteiger partial charge in [0, 0.05) is 28.2 Å². The molecule has 0 radical (unpaired) electrons. The van der Waals surface area contributed by atoms with Crippen LogP contribution in [0.15, 0.2) is 67.3 Å². The first-order valence-corrected chi connectivity index (χ1v) is 12.8. The highest BCUT2D eigenvalue weighted by Gasteiger charge is 2.40. The van der Waals surface area contributed by atoms with E-state index in [-0.39, 0.29) is 23.8 Å². The normalized spacial score (nSPS) is 20.1. The molecular formula is C27H25F3N4O3S. The summed E-state index contributed by atoms with van der Waals surface area (Å²) in [6.45, 7) is 1.99. The predicted molar refractivity (Wildman–Crippen MR) is 136 cm³/mol. The maximum Gasteiger partial charge on any atom is 0.177 e. The number of nitrogens with zero attached hydrogens (tertiary/aromatic N) is 4. The highest BCUT2D eigenvalue weighted by Crippen LogP contribution is 2.37. The second kappa shape index (κ2) is 12.4. The minimum atomic E-state index is -1.71. The van der Waals surface area contributed by atoms with Gasteiger partial charge in [-0.2, -0.15) is 22.1 Å². The summed E-state index contributed by atoms with van der Waals surface area (Å²) in [6, 6.07) is 9.22. The van der Waals surface area contributed by atoms with Crippen molar-refractivity contribution < 1.29 is 27.8 Å². The summed E-state index contributed by atoms with van der Waals surface area (Å²) in [5, 5.41) is 23.9. The van der Waals surface area contributed by atoms with Crippen molar-refractivity contribution in [3.63, 3.8) is 0 Å². The van der Waals surface area contributed by atoms with E-state index in [9.17, 15) is 18.3 Å². The Morgan fingerprint density at radius 2 is 2.08 bits per heavy atom. The Balaban J connectivity index is 1.34. The van der Waals surface area contributed by atoms with Crippen molar-refractivity contribution >= 4 is 17.8 Å². The monoisotopic (exact) mass is 542 g/mol. The molecule has 1 aliphatic rings. The van der Waals surface area contributed by atoms with Gasteiger partial charge in [-0.3, -0.25) is 0 Å². The third-order valence-corrected chi connectivity index (χ3v) is 7.48. The van der Waals surface area contributed by atoms with Gasteiger partial charge in [-0.1, -0.05) is 37.3 Å². The van der Waals surface area contributed by atoms with Gasteiger partial charge in [-0.25, -0.2) is 22.8 Å². The number of allylic oxidation sites excluding steroid dienone is 2. The van der Waals surface area contributed by atoms with Crippen molar-refractivity contribution in [2.75, 3.05) is 12.4 Å². The summed E-state index contributed by atoms with van der Waals surface area (Å²) in [7, 11) is 0. The first-order chi connectivity index (χ1) is 18.3. The molecule has 0 bridgehead atoms. The van der Waals surface area contributed by atoms with Crippen LogP contribution in [0.5, 0.6) is 0 Å². The maximum atomic E-state index is 14.7. The van der Waals surface area contributed by atoms with E-state index in [0.717, 1.165) is 12.1 Å². The van der Waals surface area contributed by atoms with Gasteiger partial charge >= 0.3 is 0 Å². The standard InChI is InChI=1S/C27H25F3N4O3S/c1-18(27(35,15-34-17-32-16-33-34)23-9-8-21(28)11-25(23)30)38-14-22-13-36-26(37-22)5-3-2-4-20-7-6-19(12-31)10-24(20)29/h2-11,16-18,22,26,35H,13-15H2,1H3/b4-2+,5-3+/t18-,22?,26?,27-/m1/s1. The molecule has 38 heavy (non-hydrogen) atoms. The number of hydrogen-bond acceptors (Lipinski definition) is 7. The fraction of sp³-hybridized carbons (Fsp3) is 0.296. The van der Waals surface area contributed by atoms with E-state index < -0.39 is 34.6 Å². The molecular weight excluding hydrogens is 517 g/mol. The second-order valence-electron chi connectivity index (χ2n) is 8.67. The molecule has 0 saturated carbocycles. The summed E-state index contributed by atoms with van der Waals surface area (Å²) in [6.07, 6.45) is 8.41. The SMILES string of the molecule is C[C@@H](SCC1COC(/C=C/C=C/c2ccc(C#N)cc2F)O1)[C@](O)(Cn1cncn1)c1ccc(F)cc1F. The molecule has 0 amide bonds. The second-order valence-corrected chi connectivity index (χ2v) is 10.0. The molecule has 2 aromatic carbocycles. The molecule has 2 heterocycles. The minimum Gasteiger partial charge on any atom is -0.382 e. The molecule has 0 aliphatic carbocycles. The molecule has 11 heteroatoms. The smallest absolute Gasteiger partial charge is 0.177 e. The Bertz CT molecular complexity index is 1350. The Hall–Kier alpha value is -3.43. The zero-order valence-corrected chi connectivity index (χ0v) is 21.2.